The summed E-state index contributed by atoms with van der Waals surface area (Å²) in [6.07, 6.45) is 0. The lowest BCUT2D eigenvalue weighted by atomic mass is 10.0. The molecule has 7 nitrogen and oxygen atoms in total. The first kappa shape index (κ1) is 21.4. The Morgan fingerprint density at radius 3 is 2.67 bits per heavy atom. The van der Waals surface area contributed by atoms with Gasteiger partial charge in [-0.05, 0) is 50.6 Å². The lowest BCUT2D eigenvalue weighted by Crippen LogP contribution is -2.44. The van der Waals surface area contributed by atoms with Crippen molar-refractivity contribution < 1.29 is 19.0 Å². The van der Waals surface area contributed by atoms with Crippen molar-refractivity contribution in [2.24, 2.45) is 4.99 Å². The molecule has 0 aliphatic carbocycles. The molecule has 0 fully saturated rings. The summed E-state index contributed by atoms with van der Waals surface area (Å²) in [5.41, 5.74) is -0.122. The average molecular weight is 487 g/mol. The Bertz CT molecular complexity index is 789. The molecule has 0 saturated carbocycles. The molecule has 148 valence electrons. The van der Waals surface area contributed by atoms with Crippen molar-refractivity contribution in [1.29, 1.82) is 0 Å². The maximum Gasteiger partial charge on any atom is 0.231 e. The molecular formula is C19H26IN3O4. The SMILES string of the molecule is CCNC(=NCc1ccc2c(c1)OCO2)NCC(C)(O)c1ccc(C)o1.I. The number of aryl methyl sites for hydroxylation is 1. The number of aliphatic imine (C=N–C) groups is 1. The molecule has 2 aromatic rings. The molecule has 1 aliphatic rings. The Morgan fingerprint density at radius 2 is 1.96 bits per heavy atom. The van der Waals surface area contributed by atoms with E-state index in [4.69, 9.17) is 13.9 Å². The van der Waals surface area contributed by atoms with E-state index in [-0.39, 0.29) is 37.3 Å². The molecule has 8 heteroatoms. The summed E-state index contributed by atoms with van der Waals surface area (Å²) >= 11 is 0. The van der Waals surface area contributed by atoms with E-state index in [2.05, 4.69) is 15.6 Å². The second-order valence-corrected chi connectivity index (χ2v) is 6.42. The van der Waals surface area contributed by atoms with Crippen LogP contribution in [0.3, 0.4) is 0 Å². The van der Waals surface area contributed by atoms with Gasteiger partial charge < -0.3 is 29.6 Å². The van der Waals surface area contributed by atoms with Crippen molar-refractivity contribution in [3.63, 3.8) is 0 Å². The van der Waals surface area contributed by atoms with Crippen molar-refractivity contribution in [1.82, 2.24) is 10.6 Å². The molecule has 1 aliphatic heterocycles. The van der Waals surface area contributed by atoms with Gasteiger partial charge in [-0.25, -0.2) is 4.99 Å². The summed E-state index contributed by atoms with van der Waals surface area (Å²) in [4.78, 5) is 4.57. The zero-order valence-corrected chi connectivity index (χ0v) is 18.1. The maximum atomic E-state index is 10.6. The summed E-state index contributed by atoms with van der Waals surface area (Å²) in [6, 6.07) is 9.40. The minimum atomic E-state index is -1.14. The number of halogens is 1. The monoisotopic (exact) mass is 487 g/mol. The molecule has 0 amide bonds. The molecule has 1 atom stereocenters. The molecule has 3 rings (SSSR count). The second kappa shape index (κ2) is 9.32. The van der Waals surface area contributed by atoms with Crippen LogP contribution >= 0.6 is 24.0 Å². The van der Waals surface area contributed by atoms with E-state index in [1.54, 1.807) is 13.0 Å². The number of rotatable bonds is 6. The van der Waals surface area contributed by atoms with Gasteiger partial charge in [0.25, 0.3) is 0 Å². The van der Waals surface area contributed by atoms with Crippen molar-refractivity contribution >= 4 is 29.9 Å². The summed E-state index contributed by atoms with van der Waals surface area (Å²) in [6.45, 7) is 7.28. The van der Waals surface area contributed by atoms with Crippen LogP contribution < -0.4 is 20.1 Å². The Kier molecular flexibility index (Phi) is 7.37. The fourth-order valence-electron chi connectivity index (χ4n) is 2.62. The highest BCUT2D eigenvalue weighted by molar-refractivity contribution is 14.0. The van der Waals surface area contributed by atoms with E-state index in [1.807, 2.05) is 38.1 Å². The van der Waals surface area contributed by atoms with Crippen molar-refractivity contribution in [3.05, 3.63) is 47.4 Å². The fraction of sp³-hybridized carbons (Fsp3) is 0.421. The van der Waals surface area contributed by atoms with E-state index >= 15 is 0 Å². The lowest BCUT2D eigenvalue weighted by Gasteiger charge is -2.22. The minimum Gasteiger partial charge on any atom is -0.463 e. The maximum absolute atomic E-state index is 10.6. The summed E-state index contributed by atoms with van der Waals surface area (Å²) in [5, 5.41) is 17.0. The molecule has 1 aromatic heterocycles. The van der Waals surface area contributed by atoms with E-state index in [9.17, 15) is 5.11 Å². The Labute approximate surface area is 176 Å². The zero-order valence-electron chi connectivity index (χ0n) is 15.7. The van der Waals surface area contributed by atoms with Gasteiger partial charge >= 0.3 is 0 Å². The molecule has 3 N–H and O–H groups in total. The first-order valence-corrected chi connectivity index (χ1v) is 8.68. The molecule has 0 saturated heterocycles. The van der Waals surface area contributed by atoms with Gasteiger partial charge in [-0.3, -0.25) is 0 Å². The number of furan rings is 1. The smallest absolute Gasteiger partial charge is 0.231 e. The van der Waals surface area contributed by atoms with E-state index < -0.39 is 5.60 Å². The van der Waals surface area contributed by atoms with E-state index in [0.29, 0.717) is 18.3 Å². The number of fused-ring (bicyclic) bond motifs is 1. The van der Waals surface area contributed by atoms with Crippen LogP contribution in [0.5, 0.6) is 11.5 Å². The molecule has 1 aromatic carbocycles. The van der Waals surface area contributed by atoms with Crippen LogP contribution in [-0.2, 0) is 12.1 Å². The molecule has 27 heavy (non-hydrogen) atoms. The van der Waals surface area contributed by atoms with Gasteiger partial charge in [0.1, 0.15) is 17.1 Å². The third-order valence-corrected chi connectivity index (χ3v) is 4.07. The number of benzene rings is 1. The molecule has 2 heterocycles. The summed E-state index contributed by atoms with van der Waals surface area (Å²) in [7, 11) is 0. The number of nitrogens with zero attached hydrogens (tertiary/aromatic N) is 1. The van der Waals surface area contributed by atoms with Gasteiger partial charge in [-0.15, -0.1) is 24.0 Å². The Hall–Kier alpha value is -1.94. The number of hydrogen-bond acceptors (Lipinski definition) is 5. The third-order valence-electron chi connectivity index (χ3n) is 4.07. The van der Waals surface area contributed by atoms with Gasteiger partial charge in [-0.2, -0.15) is 0 Å². The molecule has 0 bridgehead atoms. The van der Waals surface area contributed by atoms with Crippen molar-refractivity contribution in [3.8, 4) is 11.5 Å². The van der Waals surface area contributed by atoms with Gasteiger partial charge in [-0.1, -0.05) is 6.07 Å². The van der Waals surface area contributed by atoms with Gasteiger partial charge in [0.15, 0.2) is 17.5 Å². The Balaban J connectivity index is 0.00000261. The van der Waals surface area contributed by atoms with Crippen LogP contribution in [0.4, 0.5) is 0 Å². The third kappa shape index (κ3) is 5.52. The van der Waals surface area contributed by atoms with Crippen LogP contribution in [0, 0.1) is 6.92 Å². The van der Waals surface area contributed by atoms with E-state index in [1.165, 1.54) is 0 Å². The van der Waals surface area contributed by atoms with E-state index in [0.717, 1.165) is 29.4 Å². The summed E-state index contributed by atoms with van der Waals surface area (Å²) < 4.78 is 16.2. The number of ether oxygens (including phenoxy) is 2. The van der Waals surface area contributed by atoms with Crippen LogP contribution in [0.15, 0.2) is 39.7 Å². The van der Waals surface area contributed by atoms with Crippen molar-refractivity contribution in [2.45, 2.75) is 32.9 Å². The highest BCUT2D eigenvalue weighted by atomic mass is 127. The molecule has 1 unspecified atom stereocenters. The highest BCUT2D eigenvalue weighted by Crippen LogP contribution is 2.32. The normalized spacial score (nSPS) is 15.0. The largest absolute Gasteiger partial charge is 0.463 e. The predicted molar refractivity (Wildman–Crippen MR) is 114 cm³/mol. The van der Waals surface area contributed by atoms with Crippen LogP contribution in [0.1, 0.15) is 30.9 Å². The molecular weight excluding hydrogens is 461 g/mol. The second-order valence-electron chi connectivity index (χ2n) is 6.42. The first-order valence-electron chi connectivity index (χ1n) is 8.68. The fourth-order valence-corrected chi connectivity index (χ4v) is 2.62. The standard InChI is InChI=1S/C19H25N3O4.HI/c1-4-20-18(22-11-19(3,23)17-8-5-13(2)26-17)21-10-14-6-7-15-16(9-14)25-12-24-15;/h5-9,23H,4,10-12H2,1-3H3,(H2,20,21,22);1H. The zero-order chi connectivity index (χ0) is 18.6. The summed E-state index contributed by atoms with van der Waals surface area (Å²) in [5.74, 6) is 3.41. The quantitative estimate of drug-likeness (QED) is 0.330. The predicted octanol–water partition coefficient (Wildman–Crippen LogP) is 2.90. The average Bonchev–Trinajstić information content (AvgIpc) is 3.26. The van der Waals surface area contributed by atoms with Crippen LogP contribution in [0.25, 0.3) is 0 Å². The minimum absolute atomic E-state index is 0. The van der Waals surface area contributed by atoms with Gasteiger partial charge in [0.05, 0.1) is 13.1 Å². The lowest BCUT2D eigenvalue weighted by molar-refractivity contribution is 0.0378. The Morgan fingerprint density at radius 1 is 1.19 bits per heavy atom. The van der Waals surface area contributed by atoms with Crippen LogP contribution in [-0.4, -0.2) is 30.9 Å². The molecule has 0 radical (unpaired) electrons. The topological polar surface area (TPSA) is 88.3 Å². The van der Waals surface area contributed by atoms with Crippen LogP contribution in [0.2, 0.25) is 0 Å². The van der Waals surface area contributed by atoms with Gasteiger partial charge in [0.2, 0.25) is 6.79 Å². The van der Waals surface area contributed by atoms with Gasteiger partial charge in [0, 0.05) is 6.54 Å². The number of guanidine groups is 1. The number of nitrogens with one attached hydrogen (secondary N) is 2. The number of aliphatic hydroxyl groups is 1. The van der Waals surface area contributed by atoms with Crippen molar-refractivity contribution in [2.75, 3.05) is 19.9 Å². The highest BCUT2D eigenvalue weighted by Gasteiger charge is 2.27. The first-order chi connectivity index (χ1) is 12.5. The molecule has 0 spiro atoms. The number of hydrogen-bond donors (Lipinski definition) is 3.